The van der Waals surface area contributed by atoms with Crippen LogP contribution in [0, 0.1) is 0 Å². The molecule has 0 radical (unpaired) electrons. The SMILES string of the molecule is CCCC[C@@H](O)[C@H](O)c1ccccc1. The number of benzene rings is 1. The summed E-state index contributed by atoms with van der Waals surface area (Å²) in [7, 11) is 0. The second-order valence-electron chi connectivity index (χ2n) is 3.57. The maximum atomic E-state index is 9.77. The van der Waals surface area contributed by atoms with Crippen molar-refractivity contribution in [1.82, 2.24) is 0 Å². The van der Waals surface area contributed by atoms with Crippen LogP contribution in [-0.4, -0.2) is 16.3 Å². The van der Waals surface area contributed by atoms with E-state index in [1.807, 2.05) is 30.3 Å². The van der Waals surface area contributed by atoms with Crippen molar-refractivity contribution in [3.63, 3.8) is 0 Å². The molecule has 0 saturated carbocycles. The Balaban J connectivity index is 2.52. The van der Waals surface area contributed by atoms with Crippen LogP contribution >= 0.6 is 0 Å². The third-order valence-corrected chi connectivity index (χ3v) is 2.36. The van der Waals surface area contributed by atoms with Gasteiger partial charge in [0, 0.05) is 0 Å². The molecule has 0 aliphatic heterocycles. The van der Waals surface area contributed by atoms with Crippen molar-refractivity contribution < 1.29 is 10.2 Å². The van der Waals surface area contributed by atoms with E-state index in [0.29, 0.717) is 6.42 Å². The van der Waals surface area contributed by atoms with E-state index >= 15 is 0 Å². The lowest BCUT2D eigenvalue weighted by atomic mass is 10.0. The van der Waals surface area contributed by atoms with Gasteiger partial charge in [-0.05, 0) is 12.0 Å². The van der Waals surface area contributed by atoms with E-state index in [9.17, 15) is 10.2 Å². The molecule has 0 spiro atoms. The van der Waals surface area contributed by atoms with Gasteiger partial charge in [0.25, 0.3) is 0 Å². The third-order valence-electron chi connectivity index (χ3n) is 2.36. The number of aliphatic hydroxyl groups is 2. The molecule has 0 fully saturated rings. The van der Waals surface area contributed by atoms with Gasteiger partial charge in [-0.1, -0.05) is 50.1 Å². The quantitative estimate of drug-likeness (QED) is 0.755. The molecule has 2 heteroatoms. The molecule has 2 atom stereocenters. The number of hydrogen-bond acceptors (Lipinski definition) is 2. The molecule has 0 aliphatic rings. The summed E-state index contributed by atoms with van der Waals surface area (Å²) in [5.74, 6) is 0. The summed E-state index contributed by atoms with van der Waals surface area (Å²) in [5.41, 5.74) is 0.788. The molecular formula is C12H18O2. The highest BCUT2D eigenvalue weighted by Gasteiger charge is 2.16. The fourth-order valence-electron chi connectivity index (χ4n) is 1.44. The smallest absolute Gasteiger partial charge is 0.105 e. The largest absolute Gasteiger partial charge is 0.390 e. The Morgan fingerprint density at radius 3 is 2.36 bits per heavy atom. The first-order valence-electron chi connectivity index (χ1n) is 5.16. The second kappa shape index (κ2) is 5.78. The van der Waals surface area contributed by atoms with Gasteiger partial charge in [-0.15, -0.1) is 0 Å². The lowest BCUT2D eigenvalue weighted by Gasteiger charge is -2.17. The molecule has 14 heavy (non-hydrogen) atoms. The average molecular weight is 194 g/mol. The van der Waals surface area contributed by atoms with Gasteiger partial charge in [-0.25, -0.2) is 0 Å². The maximum Gasteiger partial charge on any atom is 0.105 e. The summed E-state index contributed by atoms with van der Waals surface area (Å²) in [4.78, 5) is 0. The average Bonchev–Trinajstić information content (AvgIpc) is 2.26. The van der Waals surface area contributed by atoms with E-state index in [0.717, 1.165) is 18.4 Å². The summed E-state index contributed by atoms with van der Waals surface area (Å²) >= 11 is 0. The molecule has 0 unspecified atom stereocenters. The predicted octanol–water partition coefficient (Wildman–Crippen LogP) is 2.27. The summed E-state index contributed by atoms with van der Waals surface area (Å²) in [6, 6.07) is 9.30. The molecule has 1 aromatic rings. The lowest BCUT2D eigenvalue weighted by Crippen LogP contribution is -2.17. The minimum absolute atomic E-state index is 0.641. The molecule has 0 heterocycles. The molecule has 0 aromatic heterocycles. The number of unbranched alkanes of at least 4 members (excludes halogenated alkanes) is 1. The highest BCUT2D eigenvalue weighted by Crippen LogP contribution is 2.19. The Bertz CT molecular complexity index is 246. The molecule has 0 aliphatic carbocycles. The fraction of sp³-hybridized carbons (Fsp3) is 0.500. The second-order valence-corrected chi connectivity index (χ2v) is 3.57. The van der Waals surface area contributed by atoms with Gasteiger partial charge in [0.15, 0.2) is 0 Å². The summed E-state index contributed by atoms with van der Waals surface area (Å²) in [5, 5.41) is 19.4. The summed E-state index contributed by atoms with van der Waals surface area (Å²) in [6.45, 7) is 2.07. The number of rotatable bonds is 5. The van der Waals surface area contributed by atoms with Gasteiger partial charge in [0.05, 0.1) is 6.10 Å². The van der Waals surface area contributed by atoms with Crippen molar-refractivity contribution in [2.45, 2.75) is 38.4 Å². The zero-order chi connectivity index (χ0) is 10.4. The standard InChI is InChI=1S/C12H18O2/c1-2-3-9-11(13)12(14)10-7-5-4-6-8-10/h4-8,11-14H,2-3,9H2,1H3/t11-,12-/m1/s1. The van der Waals surface area contributed by atoms with Crippen LogP contribution in [0.2, 0.25) is 0 Å². The van der Waals surface area contributed by atoms with Crippen LogP contribution in [-0.2, 0) is 0 Å². The Morgan fingerprint density at radius 1 is 1.14 bits per heavy atom. The van der Waals surface area contributed by atoms with Crippen molar-refractivity contribution in [1.29, 1.82) is 0 Å². The van der Waals surface area contributed by atoms with Crippen LogP contribution in [0.15, 0.2) is 30.3 Å². The highest BCUT2D eigenvalue weighted by atomic mass is 16.3. The van der Waals surface area contributed by atoms with Crippen LogP contribution in [0.1, 0.15) is 37.9 Å². The number of aliphatic hydroxyl groups excluding tert-OH is 2. The van der Waals surface area contributed by atoms with Gasteiger partial charge in [-0.3, -0.25) is 0 Å². The molecule has 2 nitrogen and oxygen atoms in total. The first-order valence-corrected chi connectivity index (χ1v) is 5.16. The normalized spacial score (nSPS) is 15.1. The van der Waals surface area contributed by atoms with E-state index in [4.69, 9.17) is 0 Å². The van der Waals surface area contributed by atoms with Crippen molar-refractivity contribution in [2.24, 2.45) is 0 Å². The molecular weight excluding hydrogens is 176 g/mol. The van der Waals surface area contributed by atoms with Crippen LogP contribution < -0.4 is 0 Å². The zero-order valence-electron chi connectivity index (χ0n) is 8.56. The van der Waals surface area contributed by atoms with Crippen molar-refractivity contribution in [3.05, 3.63) is 35.9 Å². The van der Waals surface area contributed by atoms with Crippen LogP contribution in [0.5, 0.6) is 0 Å². The third kappa shape index (κ3) is 3.13. The van der Waals surface area contributed by atoms with Crippen LogP contribution in [0.4, 0.5) is 0 Å². The first kappa shape index (κ1) is 11.2. The minimum Gasteiger partial charge on any atom is -0.390 e. The van der Waals surface area contributed by atoms with Gasteiger partial charge in [0.2, 0.25) is 0 Å². The summed E-state index contributed by atoms with van der Waals surface area (Å²) < 4.78 is 0. The molecule has 0 bridgehead atoms. The van der Waals surface area contributed by atoms with Gasteiger partial charge in [-0.2, -0.15) is 0 Å². The fourth-order valence-corrected chi connectivity index (χ4v) is 1.44. The Kier molecular flexibility index (Phi) is 4.63. The summed E-state index contributed by atoms with van der Waals surface area (Å²) in [6.07, 6.45) is 1.26. The van der Waals surface area contributed by atoms with Crippen LogP contribution in [0.25, 0.3) is 0 Å². The molecule has 0 saturated heterocycles. The lowest BCUT2D eigenvalue weighted by molar-refractivity contribution is 0.0122. The monoisotopic (exact) mass is 194 g/mol. The zero-order valence-corrected chi connectivity index (χ0v) is 8.56. The first-order chi connectivity index (χ1) is 6.75. The van der Waals surface area contributed by atoms with Crippen molar-refractivity contribution in [2.75, 3.05) is 0 Å². The van der Waals surface area contributed by atoms with Gasteiger partial charge in [0.1, 0.15) is 6.10 Å². The van der Waals surface area contributed by atoms with Gasteiger partial charge < -0.3 is 10.2 Å². The highest BCUT2D eigenvalue weighted by molar-refractivity contribution is 5.18. The maximum absolute atomic E-state index is 9.77. The van der Waals surface area contributed by atoms with E-state index in [1.165, 1.54) is 0 Å². The number of hydrogen-bond donors (Lipinski definition) is 2. The van der Waals surface area contributed by atoms with Crippen molar-refractivity contribution >= 4 is 0 Å². The Hall–Kier alpha value is -0.860. The molecule has 1 aromatic carbocycles. The molecule has 1 rings (SSSR count). The molecule has 0 amide bonds. The van der Waals surface area contributed by atoms with E-state index in [2.05, 4.69) is 6.92 Å². The topological polar surface area (TPSA) is 40.5 Å². The Morgan fingerprint density at radius 2 is 1.79 bits per heavy atom. The molecule has 78 valence electrons. The van der Waals surface area contributed by atoms with E-state index < -0.39 is 12.2 Å². The minimum atomic E-state index is -0.747. The van der Waals surface area contributed by atoms with E-state index in [1.54, 1.807) is 0 Å². The molecule has 2 N–H and O–H groups in total. The Labute approximate surface area is 85.2 Å². The predicted molar refractivity (Wildman–Crippen MR) is 56.9 cm³/mol. The van der Waals surface area contributed by atoms with Crippen molar-refractivity contribution in [3.8, 4) is 0 Å². The van der Waals surface area contributed by atoms with E-state index in [-0.39, 0.29) is 0 Å². The van der Waals surface area contributed by atoms with Crippen LogP contribution in [0.3, 0.4) is 0 Å². The van der Waals surface area contributed by atoms with Gasteiger partial charge >= 0.3 is 0 Å².